The molecule has 0 aliphatic carbocycles. The van der Waals surface area contributed by atoms with E-state index in [1.165, 1.54) is 4.80 Å². The molecule has 0 saturated carbocycles. The van der Waals surface area contributed by atoms with Crippen LogP contribution in [0.4, 0.5) is 0 Å². The van der Waals surface area contributed by atoms with Gasteiger partial charge >= 0.3 is 0 Å². The van der Waals surface area contributed by atoms with Crippen LogP contribution in [0, 0.1) is 13.8 Å². The van der Waals surface area contributed by atoms with Gasteiger partial charge in [-0.2, -0.15) is 4.80 Å². The van der Waals surface area contributed by atoms with E-state index in [0.717, 1.165) is 21.1 Å². The molecular weight excluding hydrogens is 336 g/mol. The zero-order chi connectivity index (χ0) is 18.1. The molecule has 3 aromatic rings. The summed E-state index contributed by atoms with van der Waals surface area (Å²) in [6.45, 7) is 6.02. The fraction of sp³-hybridized carbons (Fsp3) is 0.353. The normalized spacial score (nSPS) is 12.2. The lowest BCUT2D eigenvalue weighted by atomic mass is 10.1. The van der Waals surface area contributed by atoms with Gasteiger partial charge in [0.05, 0.1) is 23.8 Å². The molecule has 0 radical (unpaired) electrons. The van der Waals surface area contributed by atoms with Gasteiger partial charge in [0.2, 0.25) is 5.82 Å². The van der Waals surface area contributed by atoms with Crippen LogP contribution < -0.4 is 0 Å². The fourth-order valence-electron chi connectivity index (χ4n) is 2.66. The van der Waals surface area contributed by atoms with Crippen LogP contribution >= 0.6 is 11.3 Å². The van der Waals surface area contributed by atoms with Gasteiger partial charge in [0, 0.05) is 23.1 Å². The van der Waals surface area contributed by atoms with E-state index in [9.17, 15) is 4.79 Å². The molecule has 0 spiro atoms. The molecule has 1 aromatic carbocycles. The second-order valence-corrected chi connectivity index (χ2v) is 7.35. The van der Waals surface area contributed by atoms with Gasteiger partial charge in [0.1, 0.15) is 0 Å². The van der Waals surface area contributed by atoms with E-state index in [0.29, 0.717) is 11.4 Å². The van der Waals surface area contributed by atoms with Crippen molar-refractivity contribution in [2.24, 2.45) is 7.05 Å². The first-order valence-electron chi connectivity index (χ1n) is 7.92. The van der Waals surface area contributed by atoms with Crippen molar-refractivity contribution in [3.8, 4) is 11.4 Å². The van der Waals surface area contributed by atoms with E-state index < -0.39 is 0 Å². The van der Waals surface area contributed by atoms with Crippen LogP contribution in [-0.2, 0) is 7.05 Å². The van der Waals surface area contributed by atoms with Crippen molar-refractivity contribution in [3.63, 3.8) is 0 Å². The smallest absolute Gasteiger partial charge is 0.254 e. The predicted molar refractivity (Wildman–Crippen MR) is 96.3 cm³/mol. The summed E-state index contributed by atoms with van der Waals surface area (Å²) >= 11 is 1.65. The Balaban J connectivity index is 1.79. The van der Waals surface area contributed by atoms with Crippen LogP contribution in [0.5, 0.6) is 0 Å². The second-order valence-electron chi connectivity index (χ2n) is 5.95. The number of carbonyl (C=O) groups is 1. The molecule has 1 amide bonds. The minimum Gasteiger partial charge on any atom is -0.333 e. The van der Waals surface area contributed by atoms with Crippen molar-refractivity contribution in [1.82, 2.24) is 30.1 Å². The van der Waals surface area contributed by atoms with Gasteiger partial charge in [0.15, 0.2) is 0 Å². The minimum absolute atomic E-state index is 0.0452. The molecule has 0 aliphatic heterocycles. The summed E-state index contributed by atoms with van der Waals surface area (Å²) in [5, 5.41) is 13.0. The van der Waals surface area contributed by atoms with Crippen LogP contribution in [0.1, 0.15) is 38.9 Å². The zero-order valence-electron chi connectivity index (χ0n) is 14.9. The highest BCUT2D eigenvalue weighted by atomic mass is 32.1. The lowest BCUT2D eigenvalue weighted by Crippen LogP contribution is -2.30. The molecule has 0 bridgehead atoms. The number of thiazole rings is 1. The van der Waals surface area contributed by atoms with Gasteiger partial charge in [0.25, 0.3) is 5.91 Å². The van der Waals surface area contributed by atoms with Crippen LogP contribution in [0.2, 0.25) is 0 Å². The number of hydrogen-bond acceptors (Lipinski definition) is 6. The maximum Gasteiger partial charge on any atom is 0.254 e. The Labute approximate surface area is 150 Å². The molecule has 0 N–H and O–H groups in total. The number of aromatic nitrogens is 5. The number of benzene rings is 1. The molecule has 2 heterocycles. The molecule has 130 valence electrons. The van der Waals surface area contributed by atoms with Gasteiger partial charge in [-0.05, 0) is 38.1 Å². The second kappa shape index (κ2) is 6.72. The molecule has 0 saturated heterocycles. The third-order valence-corrected chi connectivity index (χ3v) is 5.04. The minimum atomic E-state index is -0.0845. The van der Waals surface area contributed by atoms with E-state index >= 15 is 0 Å². The van der Waals surface area contributed by atoms with Gasteiger partial charge in [-0.1, -0.05) is 12.1 Å². The summed E-state index contributed by atoms with van der Waals surface area (Å²) in [5.41, 5.74) is 2.40. The molecular formula is C17H20N6OS. The maximum atomic E-state index is 12.8. The Morgan fingerprint density at radius 3 is 2.44 bits per heavy atom. The van der Waals surface area contributed by atoms with Crippen LogP contribution in [0.25, 0.3) is 11.4 Å². The number of tetrazole rings is 1. The molecule has 2 aromatic heterocycles. The summed E-state index contributed by atoms with van der Waals surface area (Å²) in [6.07, 6.45) is 0. The first-order valence-corrected chi connectivity index (χ1v) is 8.74. The first kappa shape index (κ1) is 17.2. The molecule has 1 atom stereocenters. The predicted octanol–water partition coefficient (Wildman–Crippen LogP) is 2.78. The molecule has 0 fully saturated rings. The fourth-order valence-corrected chi connectivity index (χ4v) is 3.56. The largest absolute Gasteiger partial charge is 0.333 e. The quantitative estimate of drug-likeness (QED) is 0.718. The highest BCUT2D eigenvalue weighted by molar-refractivity contribution is 7.11. The van der Waals surface area contributed by atoms with Gasteiger partial charge in [-0.25, -0.2) is 4.98 Å². The number of hydrogen-bond donors (Lipinski definition) is 0. The maximum absolute atomic E-state index is 12.8. The molecule has 8 heteroatoms. The standard InChI is InChI=1S/C17H20N6OS/c1-10(15-11(2)25-12(3)18-15)22(4)17(24)14-8-6-13(7-9-14)16-19-21-23(5)20-16/h6-10H,1-5H3. The topological polar surface area (TPSA) is 76.8 Å². The zero-order valence-corrected chi connectivity index (χ0v) is 15.7. The van der Waals surface area contributed by atoms with Crippen molar-refractivity contribution in [3.05, 3.63) is 45.4 Å². The van der Waals surface area contributed by atoms with Crippen molar-refractivity contribution in [1.29, 1.82) is 0 Å². The van der Waals surface area contributed by atoms with Gasteiger partial charge in [-0.3, -0.25) is 4.79 Å². The number of rotatable bonds is 4. The van der Waals surface area contributed by atoms with Crippen molar-refractivity contribution in [2.75, 3.05) is 7.05 Å². The SMILES string of the molecule is Cc1nc(C(C)N(C)C(=O)c2ccc(-c3nnn(C)n3)cc2)c(C)s1. The van der Waals surface area contributed by atoms with E-state index in [1.807, 2.05) is 32.9 Å². The lowest BCUT2D eigenvalue weighted by Gasteiger charge is -2.24. The van der Waals surface area contributed by atoms with Gasteiger partial charge in [-0.15, -0.1) is 21.5 Å². The number of nitrogens with zero attached hydrogens (tertiary/aromatic N) is 6. The number of carbonyl (C=O) groups excluding carboxylic acids is 1. The highest BCUT2D eigenvalue weighted by Crippen LogP contribution is 2.27. The lowest BCUT2D eigenvalue weighted by molar-refractivity contribution is 0.0740. The summed E-state index contributed by atoms with van der Waals surface area (Å²) < 4.78 is 0. The van der Waals surface area contributed by atoms with Crippen molar-refractivity contribution >= 4 is 17.2 Å². The average molecular weight is 356 g/mol. The van der Waals surface area contributed by atoms with Crippen molar-refractivity contribution in [2.45, 2.75) is 26.8 Å². The van der Waals surface area contributed by atoms with E-state index in [-0.39, 0.29) is 11.9 Å². The molecule has 7 nitrogen and oxygen atoms in total. The summed E-state index contributed by atoms with van der Waals surface area (Å²) in [5.74, 6) is 0.494. The summed E-state index contributed by atoms with van der Waals surface area (Å²) in [4.78, 5) is 21.6. The van der Waals surface area contributed by atoms with Gasteiger partial charge < -0.3 is 4.90 Å². The third kappa shape index (κ3) is 3.43. The molecule has 1 unspecified atom stereocenters. The number of amides is 1. The van der Waals surface area contributed by atoms with E-state index in [2.05, 4.69) is 20.4 Å². The van der Waals surface area contributed by atoms with Crippen molar-refractivity contribution < 1.29 is 4.79 Å². The third-order valence-electron chi connectivity index (χ3n) is 4.13. The Bertz CT molecular complexity index is 898. The average Bonchev–Trinajstić information content (AvgIpc) is 3.18. The highest BCUT2D eigenvalue weighted by Gasteiger charge is 2.22. The molecule has 25 heavy (non-hydrogen) atoms. The Morgan fingerprint density at radius 2 is 1.92 bits per heavy atom. The molecule has 3 rings (SSSR count). The van der Waals surface area contributed by atoms with Crippen LogP contribution in [0.3, 0.4) is 0 Å². The first-order chi connectivity index (χ1) is 11.9. The Morgan fingerprint density at radius 1 is 1.24 bits per heavy atom. The van der Waals surface area contributed by atoms with Crippen LogP contribution in [0.15, 0.2) is 24.3 Å². The number of aryl methyl sites for hydroxylation is 3. The van der Waals surface area contributed by atoms with Crippen LogP contribution in [-0.4, -0.2) is 43.0 Å². The Kier molecular flexibility index (Phi) is 4.63. The van der Waals surface area contributed by atoms with E-state index in [1.54, 1.807) is 42.5 Å². The Hall–Kier alpha value is -2.61. The van der Waals surface area contributed by atoms with E-state index in [4.69, 9.17) is 0 Å². The summed E-state index contributed by atoms with van der Waals surface area (Å²) in [6, 6.07) is 7.16. The monoisotopic (exact) mass is 356 g/mol. The summed E-state index contributed by atoms with van der Waals surface area (Å²) in [7, 11) is 3.52. The molecule has 0 aliphatic rings.